The van der Waals surface area contributed by atoms with E-state index in [1.54, 1.807) is 0 Å². The van der Waals surface area contributed by atoms with Gasteiger partial charge in [0, 0.05) is 18.8 Å². The zero-order valence-corrected chi connectivity index (χ0v) is 15.3. The maximum Gasteiger partial charge on any atom is 0.303 e. The lowest BCUT2D eigenvalue weighted by molar-refractivity contribution is -0.137. The van der Waals surface area contributed by atoms with E-state index in [1.807, 2.05) is 0 Å². The Balaban J connectivity index is 2.23. The minimum absolute atomic E-state index is 0.0371. The average Bonchev–Trinajstić information content (AvgIpc) is 2.91. The van der Waals surface area contributed by atoms with Crippen molar-refractivity contribution in [1.82, 2.24) is 0 Å². The van der Waals surface area contributed by atoms with Crippen molar-refractivity contribution in [3.05, 3.63) is 0 Å². The number of aliphatic hydroxyl groups excluding tert-OH is 1. The summed E-state index contributed by atoms with van der Waals surface area (Å²) in [5.41, 5.74) is 0. The van der Waals surface area contributed by atoms with Crippen LogP contribution >= 0.6 is 0 Å². The molecule has 1 saturated carbocycles. The van der Waals surface area contributed by atoms with Crippen LogP contribution in [0.1, 0.15) is 96.8 Å². The molecule has 4 heteroatoms. The number of ketones is 1. The zero-order chi connectivity index (χ0) is 17.8. The van der Waals surface area contributed by atoms with Crippen LogP contribution in [0.3, 0.4) is 0 Å². The number of carbonyl (C=O) groups excluding carboxylic acids is 1. The second-order valence-corrected chi connectivity index (χ2v) is 7.39. The fourth-order valence-corrected chi connectivity index (χ4v) is 3.94. The third-order valence-corrected chi connectivity index (χ3v) is 5.41. The molecule has 1 rings (SSSR count). The Morgan fingerprint density at radius 2 is 1.75 bits per heavy atom. The second kappa shape index (κ2) is 12.5. The Morgan fingerprint density at radius 1 is 1.08 bits per heavy atom. The first-order chi connectivity index (χ1) is 11.6. The third kappa shape index (κ3) is 8.27. The molecule has 0 aromatic carbocycles. The van der Waals surface area contributed by atoms with Crippen LogP contribution in [0.5, 0.6) is 0 Å². The summed E-state index contributed by atoms with van der Waals surface area (Å²) < 4.78 is 0. The van der Waals surface area contributed by atoms with Gasteiger partial charge in [0.25, 0.3) is 0 Å². The molecule has 1 aliphatic carbocycles. The summed E-state index contributed by atoms with van der Waals surface area (Å²) >= 11 is 0. The molecule has 0 aliphatic heterocycles. The molecule has 3 atom stereocenters. The van der Waals surface area contributed by atoms with E-state index >= 15 is 0 Å². The highest BCUT2D eigenvalue weighted by molar-refractivity contribution is 5.83. The molecule has 4 nitrogen and oxygen atoms in total. The maximum atomic E-state index is 12.1. The summed E-state index contributed by atoms with van der Waals surface area (Å²) in [6.45, 7) is 2.20. The summed E-state index contributed by atoms with van der Waals surface area (Å²) in [5, 5.41) is 19.1. The lowest BCUT2D eigenvalue weighted by Gasteiger charge is -2.24. The number of unbranched alkanes of at least 4 members (excludes halogenated alkanes) is 7. The van der Waals surface area contributed by atoms with E-state index in [1.165, 1.54) is 25.7 Å². The molecule has 0 heterocycles. The van der Waals surface area contributed by atoms with Gasteiger partial charge < -0.3 is 10.2 Å². The summed E-state index contributed by atoms with van der Waals surface area (Å²) in [4.78, 5) is 22.6. The number of carboxylic acid groups (broad SMARTS) is 1. The van der Waals surface area contributed by atoms with Crippen LogP contribution < -0.4 is 0 Å². The normalized spacial score (nSPS) is 22.0. The van der Waals surface area contributed by atoms with Gasteiger partial charge in [0.2, 0.25) is 0 Å². The van der Waals surface area contributed by atoms with Crippen LogP contribution in [-0.4, -0.2) is 28.1 Å². The minimum Gasteiger partial charge on any atom is -0.481 e. The molecule has 0 aromatic rings. The van der Waals surface area contributed by atoms with Gasteiger partial charge in [-0.15, -0.1) is 0 Å². The summed E-state index contributed by atoms with van der Waals surface area (Å²) in [7, 11) is 0. The molecule has 140 valence electrons. The van der Waals surface area contributed by atoms with E-state index in [9.17, 15) is 14.7 Å². The number of rotatable bonds is 14. The largest absolute Gasteiger partial charge is 0.481 e. The van der Waals surface area contributed by atoms with E-state index in [4.69, 9.17) is 5.11 Å². The van der Waals surface area contributed by atoms with Crippen molar-refractivity contribution >= 4 is 11.8 Å². The van der Waals surface area contributed by atoms with Gasteiger partial charge in [-0.1, -0.05) is 58.3 Å². The first-order valence-corrected chi connectivity index (χ1v) is 9.98. The van der Waals surface area contributed by atoms with E-state index < -0.39 is 5.97 Å². The van der Waals surface area contributed by atoms with Crippen molar-refractivity contribution in [3.63, 3.8) is 0 Å². The fourth-order valence-electron chi connectivity index (χ4n) is 3.94. The molecule has 0 bridgehead atoms. The van der Waals surface area contributed by atoms with Crippen LogP contribution in [0.4, 0.5) is 0 Å². The van der Waals surface area contributed by atoms with Gasteiger partial charge in [-0.25, -0.2) is 0 Å². The van der Waals surface area contributed by atoms with Crippen molar-refractivity contribution in [2.75, 3.05) is 0 Å². The molecule has 0 amide bonds. The van der Waals surface area contributed by atoms with Crippen LogP contribution in [0.15, 0.2) is 0 Å². The third-order valence-electron chi connectivity index (χ3n) is 5.41. The van der Waals surface area contributed by atoms with Crippen molar-refractivity contribution in [2.24, 2.45) is 11.8 Å². The Hall–Kier alpha value is -0.900. The molecule has 0 saturated heterocycles. The molecule has 1 fully saturated rings. The Labute approximate surface area is 147 Å². The smallest absolute Gasteiger partial charge is 0.303 e. The summed E-state index contributed by atoms with van der Waals surface area (Å²) in [6.07, 6.45) is 12.6. The molecule has 1 aliphatic rings. The Morgan fingerprint density at radius 3 is 2.46 bits per heavy atom. The quantitative estimate of drug-likeness (QED) is 0.448. The number of aliphatic hydroxyl groups is 1. The predicted octanol–water partition coefficient (Wildman–Crippen LogP) is 4.73. The van der Waals surface area contributed by atoms with Crippen LogP contribution in [0.2, 0.25) is 0 Å². The van der Waals surface area contributed by atoms with Gasteiger partial charge in [0.1, 0.15) is 5.78 Å². The Bertz CT molecular complexity index is 367. The highest BCUT2D eigenvalue weighted by atomic mass is 16.4. The molecule has 2 N–H and O–H groups in total. The number of Topliss-reactive ketones (excluding diaryl/α,β-unsaturated/α-hetero) is 1. The van der Waals surface area contributed by atoms with Crippen molar-refractivity contribution in [3.8, 4) is 0 Å². The molecule has 1 unspecified atom stereocenters. The van der Waals surface area contributed by atoms with Gasteiger partial charge >= 0.3 is 5.97 Å². The minimum atomic E-state index is -0.733. The molecule has 24 heavy (non-hydrogen) atoms. The first-order valence-electron chi connectivity index (χ1n) is 9.98. The van der Waals surface area contributed by atoms with Gasteiger partial charge in [-0.2, -0.15) is 0 Å². The van der Waals surface area contributed by atoms with E-state index in [2.05, 4.69) is 6.92 Å². The second-order valence-electron chi connectivity index (χ2n) is 7.39. The van der Waals surface area contributed by atoms with Crippen molar-refractivity contribution in [2.45, 2.75) is 103 Å². The molecular weight excluding hydrogens is 304 g/mol. The van der Waals surface area contributed by atoms with Gasteiger partial charge in [0.05, 0.1) is 6.10 Å². The Kier molecular flexibility index (Phi) is 11.0. The first kappa shape index (κ1) is 21.1. The van der Waals surface area contributed by atoms with E-state index in [-0.39, 0.29) is 24.4 Å². The summed E-state index contributed by atoms with van der Waals surface area (Å²) in [5.74, 6) is -0.212. The number of carboxylic acids is 1. The van der Waals surface area contributed by atoms with Gasteiger partial charge in [-0.3, -0.25) is 9.59 Å². The molecule has 0 radical (unpaired) electrons. The SMILES string of the molecule is CCCCCCCC(O)[C@H]1CCC(=O)[C@@H]1CCCCCCC(=O)O. The monoisotopic (exact) mass is 340 g/mol. The van der Waals surface area contributed by atoms with Crippen LogP contribution in [-0.2, 0) is 9.59 Å². The van der Waals surface area contributed by atoms with E-state index in [0.29, 0.717) is 12.2 Å². The van der Waals surface area contributed by atoms with E-state index in [0.717, 1.165) is 51.4 Å². The predicted molar refractivity (Wildman–Crippen MR) is 95.9 cm³/mol. The van der Waals surface area contributed by atoms with Gasteiger partial charge in [-0.05, 0) is 31.6 Å². The average molecular weight is 341 g/mol. The molecule has 0 spiro atoms. The van der Waals surface area contributed by atoms with Gasteiger partial charge in [0.15, 0.2) is 0 Å². The zero-order valence-electron chi connectivity index (χ0n) is 15.3. The van der Waals surface area contributed by atoms with Crippen molar-refractivity contribution < 1.29 is 19.8 Å². The number of aliphatic carboxylic acids is 1. The highest BCUT2D eigenvalue weighted by Crippen LogP contribution is 2.36. The highest BCUT2D eigenvalue weighted by Gasteiger charge is 2.37. The van der Waals surface area contributed by atoms with Crippen LogP contribution in [0.25, 0.3) is 0 Å². The number of carbonyl (C=O) groups is 2. The molecule has 0 aromatic heterocycles. The number of hydrogen-bond acceptors (Lipinski definition) is 3. The number of hydrogen-bond donors (Lipinski definition) is 2. The standard InChI is InChI=1S/C20H36O4/c1-2-3-4-5-9-12-18(21)17-14-15-19(22)16(17)11-8-6-7-10-13-20(23)24/h16-18,21H,2-15H2,1H3,(H,23,24)/t16-,17+,18?/m1/s1. The lowest BCUT2D eigenvalue weighted by atomic mass is 9.84. The maximum absolute atomic E-state index is 12.1. The fraction of sp³-hybridized carbons (Fsp3) is 0.900. The van der Waals surface area contributed by atoms with Crippen LogP contribution in [0, 0.1) is 11.8 Å². The topological polar surface area (TPSA) is 74.6 Å². The summed E-state index contributed by atoms with van der Waals surface area (Å²) in [6, 6.07) is 0. The molecular formula is C20H36O4. The lowest BCUT2D eigenvalue weighted by Crippen LogP contribution is -2.26. The van der Waals surface area contributed by atoms with Crippen molar-refractivity contribution in [1.29, 1.82) is 0 Å².